The minimum absolute atomic E-state index is 0.182. The van der Waals surface area contributed by atoms with Gasteiger partial charge in [0.05, 0.1) is 6.61 Å². The largest absolute Gasteiger partial charge is 0.466 e. The van der Waals surface area contributed by atoms with Gasteiger partial charge in [-0.15, -0.1) is 0 Å². The van der Waals surface area contributed by atoms with Gasteiger partial charge in [0, 0.05) is 6.92 Å². The third-order valence-corrected chi connectivity index (χ3v) is 2.47. The van der Waals surface area contributed by atoms with Crippen molar-refractivity contribution in [3.63, 3.8) is 0 Å². The highest BCUT2D eigenvalue weighted by Gasteiger charge is 1.89. The van der Waals surface area contributed by atoms with Gasteiger partial charge in [0.15, 0.2) is 0 Å². The summed E-state index contributed by atoms with van der Waals surface area (Å²) < 4.78 is 4.64. The van der Waals surface area contributed by atoms with Crippen molar-refractivity contribution in [3.8, 4) is 0 Å². The summed E-state index contributed by atoms with van der Waals surface area (Å²) >= 11 is 0. The summed E-state index contributed by atoms with van der Waals surface area (Å²) in [4.78, 5) is 10.1. The summed E-state index contributed by atoms with van der Waals surface area (Å²) in [7, 11) is 0. The molecular formula is C15H24O2. The fraction of sp³-hybridized carbons (Fsp3) is 0.533. The summed E-state index contributed by atoms with van der Waals surface area (Å²) in [5, 5.41) is 0. The number of ether oxygens (including phenoxy) is 1. The molecule has 1 aromatic rings. The fourth-order valence-electron chi connectivity index (χ4n) is 1.25. The summed E-state index contributed by atoms with van der Waals surface area (Å²) in [6, 6.07) is 6.50. The van der Waals surface area contributed by atoms with Crippen LogP contribution in [0.4, 0.5) is 0 Å². The number of carbonyl (C=O) groups excluding carboxylic acids is 1. The molecule has 0 bridgehead atoms. The molecule has 0 N–H and O–H groups in total. The highest BCUT2D eigenvalue weighted by Crippen LogP contribution is 2.07. The number of hydrogen-bond donors (Lipinski definition) is 0. The van der Waals surface area contributed by atoms with Gasteiger partial charge in [-0.3, -0.25) is 4.79 Å². The highest BCUT2D eigenvalue weighted by atomic mass is 16.5. The zero-order chi connectivity index (χ0) is 13.3. The minimum atomic E-state index is -0.182. The van der Waals surface area contributed by atoms with Crippen LogP contribution in [0.2, 0.25) is 0 Å². The van der Waals surface area contributed by atoms with E-state index in [4.69, 9.17) is 0 Å². The molecular weight excluding hydrogens is 212 g/mol. The van der Waals surface area contributed by atoms with Crippen molar-refractivity contribution in [2.45, 2.75) is 47.5 Å². The number of esters is 1. The standard InChI is InChI=1S/C9H12.C6H12O2/c1-7-4-5-8(2)9(3)6-7;1-3-4-5-8-6(2)7/h4-6H,1-3H3;3-5H2,1-2H3. The molecule has 0 atom stereocenters. The zero-order valence-electron chi connectivity index (χ0n) is 11.7. The molecule has 0 amide bonds. The molecule has 2 nitrogen and oxygen atoms in total. The first-order valence-corrected chi connectivity index (χ1v) is 6.14. The molecule has 0 fully saturated rings. The topological polar surface area (TPSA) is 26.3 Å². The van der Waals surface area contributed by atoms with Crippen LogP contribution in [0.1, 0.15) is 43.4 Å². The van der Waals surface area contributed by atoms with E-state index in [1.807, 2.05) is 0 Å². The molecule has 0 spiro atoms. The molecule has 0 aliphatic rings. The van der Waals surface area contributed by atoms with E-state index < -0.39 is 0 Å². The quantitative estimate of drug-likeness (QED) is 0.586. The molecule has 0 heterocycles. The van der Waals surface area contributed by atoms with Crippen LogP contribution in [0.5, 0.6) is 0 Å². The second kappa shape index (κ2) is 8.80. The monoisotopic (exact) mass is 236 g/mol. The van der Waals surface area contributed by atoms with Gasteiger partial charge in [0.1, 0.15) is 0 Å². The predicted molar refractivity (Wildman–Crippen MR) is 72.2 cm³/mol. The van der Waals surface area contributed by atoms with Crippen LogP contribution < -0.4 is 0 Å². The van der Waals surface area contributed by atoms with Crippen LogP contribution in [0.15, 0.2) is 18.2 Å². The molecule has 0 unspecified atom stereocenters. The number of aryl methyl sites for hydroxylation is 3. The minimum Gasteiger partial charge on any atom is -0.466 e. The van der Waals surface area contributed by atoms with Crippen LogP contribution in [-0.2, 0) is 9.53 Å². The Hall–Kier alpha value is -1.31. The Balaban J connectivity index is 0.000000304. The normalized spacial score (nSPS) is 9.24. The molecule has 1 aromatic carbocycles. The van der Waals surface area contributed by atoms with Crippen molar-refractivity contribution in [3.05, 3.63) is 34.9 Å². The van der Waals surface area contributed by atoms with Gasteiger partial charge in [0.2, 0.25) is 0 Å². The van der Waals surface area contributed by atoms with Gasteiger partial charge in [-0.1, -0.05) is 37.1 Å². The Morgan fingerprint density at radius 1 is 1.18 bits per heavy atom. The molecule has 2 heteroatoms. The van der Waals surface area contributed by atoms with Gasteiger partial charge in [-0.25, -0.2) is 0 Å². The Morgan fingerprint density at radius 3 is 2.24 bits per heavy atom. The maximum atomic E-state index is 10.1. The Bertz CT molecular complexity index is 343. The van der Waals surface area contributed by atoms with E-state index in [-0.39, 0.29) is 5.97 Å². The lowest BCUT2D eigenvalue weighted by atomic mass is 10.1. The lowest BCUT2D eigenvalue weighted by molar-refractivity contribution is -0.141. The summed E-state index contributed by atoms with van der Waals surface area (Å²) in [6.45, 7) is 10.5. The Labute approximate surface area is 105 Å². The first-order valence-electron chi connectivity index (χ1n) is 6.14. The van der Waals surface area contributed by atoms with E-state index in [0.29, 0.717) is 6.61 Å². The van der Waals surface area contributed by atoms with Crippen LogP contribution in [-0.4, -0.2) is 12.6 Å². The summed E-state index contributed by atoms with van der Waals surface area (Å²) in [5.74, 6) is -0.182. The van der Waals surface area contributed by atoms with Crippen molar-refractivity contribution in [2.75, 3.05) is 6.61 Å². The van der Waals surface area contributed by atoms with Gasteiger partial charge >= 0.3 is 5.97 Å². The van der Waals surface area contributed by atoms with Crippen LogP contribution in [0.25, 0.3) is 0 Å². The van der Waals surface area contributed by atoms with E-state index in [0.717, 1.165) is 12.8 Å². The zero-order valence-corrected chi connectivity index (χ0v) is 11.7. The molecule has 0 aliphatic carbocycles. The lowest BCUT2D eigenvalue weighted by Gasteiger charge is -1.98. The third-order valence-electron chi connectivity index (χ3n) is 2.47. The molecule has 17 heavy (non-hydrogen) atoms. The molecule has 0 radical (unpaired) electrons. The van der Waals surface area contributed by atoms with Crippen molar-refractivity contribution in [2.24, 2.45) is 0 Å². The molecule has 0 saturated heterocycles. The average molecular weight is 236 g/mol. The van der Waals surface area contributed by atoms with Crippen molar-refractivity contribution >= 4 is 5.97 Å². The number of carbonyl (C=O) groups is 1. The van der Waals surface area contributed by atoms with Crippen LogP contribution >= 0.6 is 0 Å². The first kappa shape index (κ1) is 15.7. The molecule has 96 valence electrons. The number of unbranched alkanes of at least 4 members (excludes halogenated alkanes) is 1. The second-order valence-corrected chi connectivity index (χ2v) is 4.28. The average Bonchev–Trinajstić information content (AvgIpc) is 2.25. The second-order valence-electron chi connectivity index (χ2n) is 4.28. The van der Waals surface area contributed by atoms with Gasteiger partial charge in [-0.05, 0) is 38.3 Å². The number of hydrogen-bond acceptors (Lipinski definition) is 2. The Kier molecular flexibility index (Phi) is 8.12. The molecule has 0 aromatic heterocycles. The highest BCUT2D eigenvalue weighted by molar-refractivity contribution is 5.65. The van der Waals surface area contributed by atoms with E-state index in [1.54, 1.807) is 0 Å². The molecule has 0 aliphatic heterocycles. The van der Waals surface area contributed by atoms with Crippen LogP contribution in [0, 0.1) is 20.8 Å². The smallest absolute Gasteiger partial charge is 0.302 e. The lowest BCUT2D eigenvalue weighted by Crippen LogP contribution is -1.99. The summed E-state index contributed by atoms with van der Waals surface area (Å²) in [5.41, 5.74) is 4.11. The first-order chi connectivity index (χ1) is 7.97. The maximum absolute atomic E-state index is 10.1. The van der Waals surface area contributed by atoms with Gasteiger partial charge in [0.25, 0.3) is 0 Å². The van der Waals surface area contributed by atoms with E-state index in [2.05, 4.69) is 50.6 Å². The van der Waals surface area contributed by atoms with Crippen molar-refractivity contribution < 1.29 is 9.53 Å². The van der Waals surface area contributed by atoms with Crippen molar-refractivity contribution in [1.29, 1.82) is 0 Å². The molecule has 1 rings (SSSR count). The van der Waals surface area contributed by atoms with Gasteiger partial charge < -0.3 is 4.74 Å². The number of benzene rings is 1. The summed E-state index contributed by atoms with van der Waals surface area (Å²) in [6.07, 6.45) is 2.05. The maximum Gasteiger partial charge on any atom is 0.302 e. The van der Waals surface area contributed by atoms with Gasteiger partial charge in [-0.2, -0.15) is 0 Å². The number of rotatable bonds is 3. The SMILES string of the molecule is CCCCOC(C)=O.Cc1ccc(C)c(C)c1. The van der Waals surface area contributed by atoms with E-state index in [1.165, 1.54) is 23.6 Å². The van der Waals surface area contributed by atoms with Crippen molar-refractivity contribution in [1.82, 2.24) is 0 Å². The van der Waals surface area contributed by atoms with E-state index in [9.17, 15) is 4.79 Å². The third kappa shape index (κ3) is 8.49. The Morgan fingerprint density at radius 2 is 1.82 bits per heavy atom. The van der Waals surface area contributed by atoms with E-state index >= 15 is 0 Å². The predicted octanol–water partition coefficient (Wildman–Crippen LogP) is 3.96. The van der Waals surface area contributed by atoms with Crippen LogP contribution in [0.3, 0.4) is 0 Å². The molecule has 0 saturated carbocycles. The fourth-order valence-corrected chi connectivity index (χ4v) is 1.25.